The smallest absolute Gasteiger partial charge is 0.140 e. The maximum Gasteiger partial charge on any atom is 0.140 e. The number of hydrogen-bond acceptors (Lipinski definition) is 1. The Morgan fingerprint density at radius 2 is 2.07 bits per heavy atom. The van der Waals surface area contributed by atoms with Crippen molar-refractivity contribution in [3.8, 4) is 0 Å². The van der Waals surface area contributed by atoms with E-state index in [1.165, 1.54) is 10.9 Å². The monoisotopic (exact) mass is 202 g/mol. The van der Waals surface area contributed by atoms with Gasteiger partial charge in [-0.3, -0.25) is 0 Å². The predicted octanol–water partition coefficient (Wildman–Crippen LogP) is 3.35. The van der Waals surface area contributed by atoms with Crippen molar-refractivity contribution in [1.29, 1.82) is 0 Å². The number of nitrogens with zero attached hydrogens (tertiary/aromatic N) is 2. The molecule has 0 aliphatic rings. The third-order valence-corrected chi connectivity index (χ3v) is 2.71. The molecule has 0 saturated heterocycles. The van der Waals surface area contributed by atoms with Crippen LogP contribution in [0.5, 0.6) is 0 Å². The van der Waals surface area contributed by atoms with Crippen LogP contribution < -0.4 is 0 Å². The Hall–Kier alpha value is -1.31. The molecule has 80 valence electrons. The average molecular weight is 202 g/mol. The summed E-state index contributed by atoms with van der Waals surface area (Å²) in [6.45, 7) is 8.75. The minimum absolute atomic E-state index is 0.0997. The van der Waals surface area contributed by atoms with Gasteiger partial charge in [0.05, 0.1) is 0 Å². The van der Waals surface area contributed by atoms with Crippen molar-refractivity contribution >= 4 is 11.0 Å². The summed E-state index contributed by atoms with van der Waals surface area (Å²) in [4.78, 5) is 4.54. The molecule has 0 aliphatic heterocycles. The fourth-order valence-electron chi connectivity index (χ4n) is 1.80. The van der Waals surface area contributed by atoms with Crippen molar-refractivity contribution < 1.29 is 0 Å². The molecule has 2 heteroatoms. The Morgan fingerprint density at radius 1 is 1.33 bits per heavy atom. The van der Waals surface area contributed by atoms with Crippen LogP contribution in [-0.4, -0.2) is 9.55 Å². The van der Waals surface area contributed by atoms with E-state index >= 15 is 0 Å². The van der Waals surface area contributed by atoms with Gasteiger partial charge in [-0.1, -0.05) is 6.92 Å². The molecule has 15 heavy (non-hydrogen) atoms. The summed E-state index contributed by atoms with van der Waals surface area (Å²) < 4.78 is 2.22. The second-order valence-corrected chi connectivity index (χ2v) is 4.97. The number of pyridine rings is 1. The fraction of sp³-hybridized carbons (Fsp3) is 0.462. The molecular weight excluding hydrogens is 184 g/mol. The van der Waals surface area contributed by atoms with E-state index in [1.54, 1.807) is 0 Å². The molecule has 0 saturated carbocycles. The van der Waals surface area contributed by atoms with Crippen LogP contribution in [0.3, 0.4) is 0 Å². The summed E-state index contributed by atoms with van der Waals surface area (Å²) >= 11 is 0. The highest BCUT2D eigenvalue weighted by molar-refractivity contribution is 5.77. The van der Waals surface area contributed by atoms with Gasteiger partial charge in [-0.15, -0.1) is 0 Å². The fourth-order valence-corrected chi connectivity index (χ4v) is 1.80. The standard InChI is InChI=1S/C13H18N2/c1-5-10-8-11-6-7-15(13(2,3)4)12(11)14-9-10/h6-9H,5H2,1-4H3. The molecule has 2 heterocycles. The summed E-state index contributed by atoms with van der Waals surface area (Å²) in [5.74, 6) is 0. The Labute approximate surface area is 90.9 Å². The maximum absolute atomic E-state index is 4.54. The highest BCUT2D eigenvalue weighted by Gasteiger charge is 2.15. The minimum Gasteiger partial charge on any atom is -0.327 e. The second kappa shape index (κ2) is 3.37. The molecular formula is C13H18N2. The summed E-state index contributed by atoms with van der Waals surface area (Å²) in [7, 11) is 0. The van der Waals surface area contributed by atoms with Crippen molar-refractivity contribution in [2.75, 3.05) is 0 Å². The zero-order valence-electron chi connectivity index (χ0n) is 9.91. The number of aryl methyl sites for hydroxylation is 1. The summed E-state index contributed by atoms with van der Waals surface area (Å²) in [6, 6.07) is 4.37. The molecule has 0 N–H and O–H groups in total. The first-order chi connectivity index (χ1) is 7.02. The van der Waals surface area contributed by atoms with Crippen molar-refractivity contribution in [3.63, 3.8) is 0 Å². The lowest BCUT2D eigenvalue weighted by Gasteiger charge is -2.21. The van der Waals surface area contributed by atoms with Crippen LogP contribution in [-0.2, 0) is 12.0 Å². The third kappa shape index (κ3) is 1.76. The van der Waals surface area contributed by atoms with E-state index in [1.807, 2.05) is 6.20 Å². The Bertz CT molecular complexity index is 475. The largest absolute Gasteiger partial charge is 0.327 e. The van der Waals surface area contributed by atoms with Gasteiger partial charge in [0, 0.05) is 23.3 Å². The topological polar surface area (TPSA) is 17.8 Å². The molecule has 0 atom stereocenters. The van der Waals surface area contributed by atoms with Crippen LogP contribution in [0.15, 0.2) is 24.5 Å². The molecule has 0 spiro atoms. The van der Waals surface area contributed by atoms with Crippen LogP contribution >= 0.6 is 0 Å². The molecule has 2 nitrogen and oxygen atoms in total. The first-order valence-electron chi connectivity index (χ1n) is 5.49. The minimum atomic E-state index is 0.0997. The predicted molar refractivity (Wildman–Crippen MR) is 64.1 cm³/mol. The summed E-state index contributed by atoms with van der Waals surface area (Å²) in [5, 5.41) is 1.24. The van der Waals surface area contributed by atoms with E-state index in [4.69, 9.17) is 0 Å². The lowest BCUT2D eigenvalue weighted by atomic mass is 10.1. The zero-order valence-corrected chi connectivity index (χ0v) is 9.91. The van der Waals surface area contributed by atoms with Crippen molar-refractivity contribution in [3.05, 3.63) is 30.1 Å². The van der Waals surface area contributed by atoms with Crippen LogP contribution in [0.4, 0.5) is 0 Å². The third-order valence-electron chi connectivity index (χ3n) is 2.71. The number of hydrogen-bond donors (Lipinski definition) is 0. The Morgan fingerprint density at radius 3 is 2.67 bits per heavy atom. The number of rotatable bonds is 1. The molecule has 0 radical (unpaired) electrons. The van der Waals surface area contributed by atoms with Gasteiger partial charge < -0.3 is 4.57 Å². The lowest BCUT2D eigenvalue weighted by Crippen LogP contribution is -2.20. The Kier molecular flexibility index (Phi) is 2.29. The first kappa shape index (κ1) is 10.2. The normalized spacial score (nSPS) is 12.3. The van der Waals surface area contributed by atoms with Gasteiger partial charge in [0.25, 0.3) is 0 Å². The molecule has 2 rings (SSSR count). The van der Waals surface area contributed by atoms with Crippen LogP contribution in [0.1, 0.15) is 33.3 Å². The van der Waals surface area contributed by atoms with Gasteiger partial charge in [0.1, 0.15) is 5.65 Å². The second-order valence-electron chi connectivity index (χ2n) is 4.97. The molecule has 0 fully saturated rings. The van der Waals surface area contributed by atoms with Gasteiger partial charge in [-0.05, 0) is 44.9 Å². The van der Waals surface area contributed by atoms with Crippen LogP contribution in [0, 0.1) is 0 Å². The average Bonchev–Trinajstić information content (AvgIpc) is 2.59. The van der Waals surface area contributed by atoms with E-state index < -0.39 is 0 Å². The van der Waals surface area contributed by atoms with Crippen molar-refractivity contribution in [2.24, 2.45) is 0 Å². The van der Waals surface area contributed by atoms with E-state index in [2.05, 4.69) is 55.6 Å². The van der Waals surface area contributed by atoms with E-state index in [-0.39, 0.29) is 5.54 Å². The highest BCUT2D eigenvalue weighted by Crippen LogP contribution is 2.22. The van der Waals surface area contributed by atoms with Gasteiger partial charge in [-0.2, -0.15) is 0 Å². The summed E-state index contributed by atoms with van der Waals surface area (Å²) in [5.41, 5.74) is 2.48. The van der Waals surface area contributed by atoms with Crippen LogP contribution in [0.2, 0.25) is 0 Å². The van der Waals surface area contributed by atoms with E-state index in [0.29, 0.717) is 0 Å². The molecule has 0 unspecified atom stereocenters. The first-order valence-corrected chi connectivity index (χ1v) is 5.49. The van der Waals surface area contributed by atoms with Crippen LogP contribution in [0.25, 0.3) is 11.0 Å². The van der Waals surface area contributed by atoms with Gasteiger partial charge in [-0.25, -0.2) is 4.98 Å². The highest BCUT2D eigenvalue weighted by atomic mass is 15.1. The maximum atomic E-state index is 4.54. The number of aromatic nitrogens is 2. The molecule has 0 aromatic carbocycles. The van der Waals surface area contributed by atoms with E-state index in [0.717, 1.165) is 12.1 Å². The quantitative estimate of drug-likeness (QED) is 0.693. The van der Waals surface area contributed by atoms with Crippen molar-refractivity contribution in [1.82, 2.24) is 9.55 Å². The van der Waals surface area contributed by atoms with Crippen molar-refractivity contribution in [2.45, 2.75) is 39.7 Å². The molecule has 0 bridgehead atoms. The number of fused-ring (bicyclic) bond motifs is 1. The van der Waals surface area contributed by atoms with E-state index in [9.17, 15) is 0 Å². The molecule has 2 aromatic heterocycles. The van der Waals surface area contributed by atoms with Gasteiger partial charge in [0.15, 0.2) is 0 Å². The molecule has 0 amide bonds. The SMILES string of the molecule is CCc1cnc2c(ccn2C(C)(C)C)c1. The molecule has 2 aromatic rings. The molecule has 0 aliphatic carbocycles. The van der Waals surface area contributed by atoms with Gasteiger partial charge in [0.2, 0.25) is 0 Å². The Balaban J connectivity index is 2.62. The lowest BCUT2D eigenvalue weighted by molar-refractivity contribution is 0.408. The summed E-state index contributed by atoms with van der Waals surface area (Å²) in [6.07, 6.45) is 5.14. The van der Waals surface area contributed by atoms with Gasteiger partial charge >= 0.3 is 0 Å². The zero-order chi connectivity index (χ0) is 11.1.